The first-order valence-corrected chi connectivity index (χ1v) is 12.0. The monoisotopic (exact) mass is 526 g/mol. The van der Waals surface area contributed by atoms with Crippen LogP contribution in [-0.4, -0.2) is 10.8 Å². The van der Waals surface area contributed by atoms with E-state index in [9.17, 15) is 4.55 Å². The number of ether oxygens (including phenoxy) is 1. The van der Waals surface area contributed by atoms with Crippen LogP contribution in [0.4, 0.5) is 0 Å². The quantitative estimate of drug-likeness (QED) is 0.229. The Morgan fingerprint density at radius 2 is 2.03 bits per heavy atom. The molecule has 9 heteroatoms. The van der Waals surface area contributed by atoms with Crippen LogP contribution in [0, 0.1) is 5.92 Å². The molecule has 0 bridgehead atoms. The van der Waals surface area contributed by atoms with Crippen molar-refractivity contribution in [2.75, 3.05) is 0 Å². The van der Waals surface area contributed by atoms with Crippen molar-refractivity contribution in [2.24, 2.45) is 10.9 Å². The van der Waals surface area contributed by atoms with Gasteiger partial charge in [0.25, 0.3) is 0 Å². The molecular weight excluding hydrogens is 510 g/mol. The van der Waals surface area contributed by atoms with Crippen molar-refractivity contribution >= 4 is 64.0 Å². The van der Waals surface area contributed by atoms with Crippen molar-refractivity contribution in [3.8, 4) is 0 Å². The van der Waals surface area contributed by atoms with E-state index < -0.39 is 11.4 Å². The molecule has 2 unspecified atom stereocenters. The smallest absolute Gasteiger partial charge is 0.198 e. The number of benzene rings is 1. The van der Waals surface area contributed by atoms with Crippen molar-refractivity contribution in [3.05, 3.63) is 110 Å². The van der Waals surface area contributed by atoms with Gasteiger partial charge in [-0.05, 0) is 43.4 Å². The fourth-order valence-corrected chi connectivity index (χ4v) is 4.78. The van der Waals surface area contributed by atoms with Crippen molar-refractivity contribution in [2.45, 2.75) is 11.8 Å². The summed E-state index contributed by atoms with van der Waals surface area (Å²) in [4.78, 5) is 4.81. The third-order valence-corrected chi connectivity index (χ3v) is 6.58. The van der Waals surface area contributed by atoms with Crippen LogP contribution in [0.3, 0.4) is 0 Å². The molecule has 1 aliphatic heterocycles. The van der Waals surface area contributed by atoms with E-state index in [0.717, 1.165) is 5.70 Å². The summed E-state index contributed by atoms with van der Waals surface area (Å²) in [6.07, 6.45) is 14.8. The molecule has 1 N–H and O–H groups in total. The largest absolute Gasteiger partial charge is 0.588 e. The summed E-state index contributed by atoms with van der Waals surface area (Å²) in [6.45, 7) is 5.42. The van der Waals surface area contributed by atoms with E-state index >= 15 is 0 Å². The Balaban J connectivity index is 1.78. The zero-order valence-corrected chi connectivity index (χ0v) is 20.7. The maximum atomic E-state index is 12.6. The first-order valence-electron chi connectivity index (χ1n) is 9.29. The fourth-order valence-electron chi connectivity index (χ4n) is 2.76. The number of allylic oxidation sites excluding steroid dienone is 10. The van der Waals surface area contributed by atoms with Gasteiger partial charge in [0.1, 0.15) is 17.1 Å². The molecule has 3 rings (SSSR count). The zero-order valence-electron chi connectivity index (χ0n) is 16.8. The Morgan fingerprint density at radius 3 is 2.75 bits per heavy atom. The van der Waals surface area contributed by atoms with Gasteiger partial charge in [-0.1, -0.05) is 77.3 Å². The SMILES string of the molecule is C=C(Cl)/C(OC1=CC2C=CC=CC=C2N=C1)=C(Cl)\C=C(/C)N[S+]([O-])c1ccc(Cl)cc1Cl. The summed E-state index contributed by atoms with van der Waals surface area (Å²) >= 11 is 23.0. The number of aliphatic imine (C=N–C) groups is 1. The number of hydrogen-bond donors (Lipinski definition) is 1. The number of nitrogens with one attached hydrogen (secondary N) is 1. The van der Waals surface area contributed by atoms with Gasteiger partial charge < -0.3 is 9.29 Å². The molecule has 0 radical (unpaired) electrons. The minimum Gasteiger partial charge on any atom is -0.588 e. The van der Waals surface area contributed by atoms with E-state index in [1.165, 1.54) is 12.1 Å². The van der Waals surface area contributed by atoms with Gasteiger partial charge in [-0.25, -0.2) is 4.72 Å². The van der Waals surface area contributed by atoms with Crippen LogP contribution in [-0.2, 0) is 16.1 Å². The third kappa shape index (κ3) is 6.58. The van der Waals surface area contributed by atoms with E-state index in [-0.39, 0.29) is 26.8 Å². The van der Waals surface area contributed by atoms with Gasteiger partial charge in [0.05, 0.1) is 32.7 Å². The standard InChI is InChI=1S/C23H18Cl4N2O2S/c1-14(29-32(30)22-9-8-17(25)12-19(22)26)10-20(27)23(15(2)24)31-18-11-16-6-4-3-5-7-21(16)28-13-18/h3-13,16,29H,2H2,1H3/b14-10+,23-20-. The molecule has 4 nitrogen and oxygen atoms in total. The predicted molar refractivity (Wildman–Crippen MR) is 135 cm³/mol. The molecule has 0 fully saturated rings. The maximum Gasteiger partial charge on any atom is 0.198 e. The van der Waals surface area contributed by atoms with Gasteiger partial charge in [0, 0.05) is 10.9 Å². The summed E-state index contributed by atoms with van der Waals surface area (Å²) in [5, 5.41) is 1.02. The molecule has 2 atom stereocenters. The molecule has 32 heavy (non-hydrogen) atoms. The summed E-state index contributed by atoms with van der Waals surface area (Å²) in [5.74, 6) is 0.605. The molecule has 166 valence electrons. The lowest BCUT2D eigenvalue weighted by Crippen LogP contribution is -2.22. The molecule has 1 aromatic rings. The van der Waals surface area contributed by atoms with E-state index in [1.54, 1.807) is 25.3 Å². The van der Waals surface area contributed by atoms with Crippen molar-refractivity contribution in [1.82, 2.24) is 4.72 Å². The average Bonchev–Trinajstić information content (AvgIpc) is 2.96. The Morgan fingerprint density at radius 1 is 1.25 bits per heavy atom. The fraction of sp³-hybridized carbons (Fsp3) is 0.0870. The molecular formula is C23H18Cl4N2O2S. The Labute approximate surface area is 210 Å². The highest BCUT2D eigenvalue weighted by Crippen LogP contribution is 2.30. The van der Waals surface area contributed by atoms with Crippen molar-refractivity contribution in [1.29, 1.82) is 0 Å². The lowest BCUT2D eigenvalue weighted by molar-refractivity contribution is 0.339. The number of fused-ring (bicyclic) bond motifs is 1. The van der Waals surface area contributed by atoms with Crippen LogP contribution in [0.25, 0.3) is 0 Å². The first kappa shape index (κ1) is 24.8. The maximum absolute atomic E-state index is 12.6. The third-order valence-electron chi connectivity index (χ3n) is 4.21. The van der Waals surface area contributed by atoms with Gasteiger partial charge in [0.2, 0.25) is 0 Å². The highest BCUT2D eigenvalue weighted by molar-refractivity contribution is 7.89. The second kappa shape index (κ2) is 11.3. The molecule has 1 aliphatic carbocycles. The summed E-state index contributed by atoms with van der Waals surface area (Å²) in [6, 6.07) is 4.72. The molecule has 0 saturated heterocycles. The van der Waals surface area contributed by atoms with E-state index in [2.05, 4.69) is 16.3 Å². The van der Waals surface area contributed by atoms with E-state index in [4.69, 9.17) is 51.1 Å². The van der Waals surface area contributed by atoms with Gasteiger partial charge in [-0.15, -0.1) is 0 Å². The Kier molecular flexibility index (Phi) is 8.77. The molecule has 2 aliphatic rings. The van der Waals surface area contributed by atoms with Crippen LogP contribution in [0.5, 0.6) is 0 Å². The number of dihydropyridines is 1. The van der Waals surface area contributed by atoms with Crippen LogP contribution in [0.2, 0.25) is 10.0 Å². The van der Waals surface area contributed by atoms with Crippen LogP contribution >= 0.6 is 46.4 Å². The summed E-state index contributed by atoms with van der Waals surface area (Å²) < 4.78 is 21.3. The average molecular weight is 528 g/mol. The highest BCUT2D eigenvalue weighted by atomic mass is 35.5. The van der Waals surface area contributed by atoms with Gasteiger partial charge in [0.15, 0.2) is 10.7 Å². The number of halogens is 4. The predicted octanol–water partition coefficient (Wildman–Crippen LogP) is 7.32. The lowest BCUT2D eigenvalue weighted by atomic mass is 10.0. The summed E-state index contributed by atoms with van der Waals surface area (Å²) in [5.41, 5.74) is 1.39. The van der Waals surface area contributed by atoms with Crippen molar-refractivity contribution in [3.63, 3.8) is 0 Å². The minimum atomic E-state index is -1.62. The first-order chi connectivity index (χ1) is 15.2. The lowest BCUT2D eigenvalue weighted by Gasteiger charge is -2.18. The normalized spacial score (nSPS) is 19.3. The van der Waals surface area contributed by atoms with Crippen LogP contribution < -0.4 is 4.72 Å². The van der Waals surface area contributed by atoms with Crippen molar-refractivity contribution < 1.29 is 9.29 Å². The Bertz CT molecular complexity index is 1130. The van der Waals surface area contributed by atoms with Crippen LogP contribution in [0.15, 0.2) is 110 Å². The number of hydrogen-bond acceptors (Lipinski definition) is 4. The molecule has 0 spiro atoms. The van der Waals surface area contributed by atoms with Gasteiger partial charge in [-0.2, -0.15) is 0 Å². The number of nitrogens with zero attached hydrogens (tertiary/aromatic N) is 1. The topological polar surface area (TPSA) is 56.7 Å². The minimum absolute atomic E-state index is 0.0286. The van der Waals surface area contributed by atoms with Crippen LogP contribution in [0.1, 0.15) is 6.92 Å². The van der Waals surface area contributed by atoms with E-state index in [0.29, 0.717) is 21.4 Å². The molecule has 1 heterocycles. The van der Waals surface area contributed by atoms with Gasteiger partial charge in [-0.3, -0.25) is 4.99 Å². The number of rotatable bonds is 7. The van der Waals surface area contributed by atoms with Gasteiger partial charge >= 0.3 is 0 Å². The molecule has 0 aromatic heterocycles. The molecule has 1 aromatic carbocycles. The van der Waals surface area contributed by atoms with E-state index in [1.807, 2.05) is 36.5 Å². The highest BCUT2D eigenvalue weighted by Gasteiger charge is 2.19. The Hall–Kier alpha value is -1.86. The molecule has 0 saturated carbocycles. The summed E-state index contributed by atoms with van der Waals surface area (Å²) in [7, 11) is 0. The second-order valence-corrected chi connectivity index (χ2v) is 9.56. The second-order valence-electron chi connectivity index (χ2n) is 6.67. The molecule has 0 amide bonds. The zero-order chi connectivity index (χ0) is 23.3.